The Balaban J connectivity index is 1.34. The van der Waals surface area contributed by atoms with Gasteiger partial charge in [0.15, 0.2) is 5.69 Å². The highest BCUT2D eigenvalue weighted by molar-refractivity contribution is 5.93. The molecule has 2 aromatic heterocycles. The second kappa shape index (κ2) is 8.02. The molecule has 31 heavy (non-hydrogen) atoms. The second-order valence-electron chi connectivity index (χ2n) is 8.38. The predicted molar refractivity (Wildman–Crippen MR) is 112 cm³/mol. The molecule has 8 nitrogen and oxygen atoms in total. The van der Waals surface area contributed by atoms with Gasteiger partial charge in [-0.2, -0.15) is 5.10 Å². The number of likely N-dealkylation sites (tertiary alicyclic amines) is 2. The largest absolute Gasteiger partial charge is 0.361 e. The molecule has 2 saturated heterocycles. The van der Waals surface area contributed by atoms with Crippen LogP contribution in [0.4, 0.5) is 0 Å². The van der Waals surface area contributed by atoms with E-state index in [0.29, 0.717) is 44.1 Å². The van der Waals surface area contributed by atoms with Crippen molar-refractivity contribution in [1.29, 1.82) is 0 Å². The summed E-state index contributed by atoms with van der Waals surface area (Å²) in [7, 11) is 0. The number of aryl methyl sites for hydroxylation is 2. The summed E-state index contributed by atoms with van der Waals surface area (Å²) in [5.74, 6) is 1.09. The number of rotatable bonds is 5. The predicted octanol–water partition coefficient (Wildman–Crippen LogP) is 2.54. The Labute approximate surface area is 180 Å². The van der Waals surface area contributed by atoms with E-state index >= 15 is 0 Å². The van der Waals surface area contributed by atoms with Crippen LogP contribution in [-0.2, 0) is 11.3 Å². The molecular formula is C23H25N5O3. The molecule has 5 rings (SSSR count). The van der Waals surface area contributed by atoms with Gasteiger partial charge in [0.2, 0.25) is 5.91 Å². The third kappa shape index (κ3) is 3.73. The van der Waals surface area contributed by atoms with Crippen LogP contribution in [0.3, 0.4) is 0 Å². The molecule has 2 aliphatic heterocycles. The minimum atomic E-state index is -0.114. The van der Waals surface area contributed by atoms with Gasteiger partial charge in [-0.05, 0) is 18.6 Å². The van der Waals surface area contributed by atoms with E-state index in [1.807, 2.05) is 40.3 Å². The number of carbonyl (C=O) groups is 2. The Hall–Kier alpha value is -3.42. The van der Waals surface area contributed by atoms with E-state index < -0.39 is 0 Å². The minimum absolute atomic E-state index is 0.0837. The first-order valence-corrected chi connectivity index (χ1v) is 10.6. The topological polar surface area (TPSA) is 84.5 Å². The van der Waals surface area contributed by atoms with Crippen LogP contribution in [0, 0.1) is 18.8 Å². The fourth-order valence-corrected chi connectivity index (χ4v) is 4.95. The molecule has 2 amide bonds. The monoisotopic (exact) mass is 419 g/mol. The molecule has 8 heteroatoms. The van der Waals surface area contributed by atoms with Gasteiger partial charge >= 0.3 is 0 Å². The van der Waals surface area contributed by atoms with Gasteiger partial charge in [-0.25, -0.2) is 0 Å². The van der Waals surface area contributed by atoms with E-state index in [2.05, 4.69) is 22.4 Å². The maximum atomic E-state index is 13.2. The van der Waals surface area contributed by atoms with Crippen molar-refractivity contribution >= 4 is 11.8 Å². The Bertz CT molecular complexity index is 1060. The molecule has 2 aliphatic rings. The Morgan fingerprint density at radius 1 is 1.13 bits per heavy atom. The Morgan fingerprint density at radius 2 is 1.97 bits per heavy atom. The van der Waals surface area contributed by atoms with Gasteiger partial charge in [-0.3, -0.25) is 14.3 Å². The van der Waals surface area contributed by atoms with Gasteiger partial charge in [0.05, 0.1) is 6.04 Å². The van der Waals surface area contributed by atoms with E-state index in [4.69, 9.17) is 4.52 Å². The average molecular weight is 419 g/mol. The molecule has 0 N–H and O–H groups in total. The molecule has 3 aromatic rings. The number of fused-ring (bicyclic) bond motifs is 1. The standard InChI is InChI=1S/C23H25N5O3/c1-16-12-20(25-31-16)23(30)28-14-18-13-26(21(29)8-11-27-10-5-9-24-27)15-19(18)22(28)17-6-3-2-4-7-17/h2-7,9-10,12,18-19,22H,8,11,13-15H2,1H3/t18-,19-,22+/m0/s1. The fraction of sp³-hybridized carbons (Fsp3) is 0.391. The van der Waals surface area contributed by atoms with Gasteiger partial charge in [0, 0.05) is 62.9 Å². The fourth-order valence-electron chi connectivity index (χ4n) is 4.95. The van der Waals surface area contributed by atoms with Crippen LogP contribution >= 0.6 is 0 Å². The molecule has 160 valence electrons. The quantitative estimate of drug-likeness (QED) is 0.635. The van der Waals surface area contributed by atoms with Crippen molar-refractivity contribution in [2.75, 3.05) is 19.6 Å². The van der Waals surface area contributed by atoms with E-state index in [1.165, 1.54) is 0 Å². The number of aromatic nitrogens is 3. The van der Waals surface area contributed by atoms with Crippen molar-refractivity contribution < 1.29 is 14.1 Å². The van der Waals surface area contributed by atoms with Crippen molar-refractivity contribution in [3.63, 3.8) is 0 Å². The molecule has 0 unspecified atom stereocenters. The highest BCUT2D eigenvalue weighted by atomic mass is 16.5. The average Bonchev–Trinajstić information content (AvgIpc) is 3.56. The van der Waals surface area contributed by atoms with Gasteiger partial charge in [0.25, 0.3) is 5.91 Å². The molecule has 4 heterocycles. The summed E-state index contributed by atoms with van der Waals surface area (Å²) in [6.07, 6.45) is 4.02. The minimum Gasteiger partial charge on any atom is -0.361 e. The summed E-state index contributed by atoms with van der Waals surface area (Å²) < 4.78 is 6.91. The molecule has 0 radical (unpaired) electrons. The molecule has 2 fully saturated rings. The maximum absolute atomic E-state index is 13.2. The van der Waals surface area contributed by atoms with Crippen molar-refractivity contribution in [2.45, 2.75) is 25.9 Å². The van der Waals surface area contributed by atoms with Gasteiger partial charge in [0.1, 0.15) is 5.76 Å². The van der Waals surface area contributed by atoms with Gasteiger partial charge < -0.3 is 14.3 Å². The van der Waals surface area contributed by atoms with E-state index in [0.717, 1.165) is 5.56 Å². The molecule has 0 aliphatic carbocycles. The van der Waals surface area contributed by atoms with Gasteiger partial charge in [-0.15, -0.1) is 0 Å². The summed E-state index contributed by atoms with van der Waals surface area (Å²) >= 11 is 0. The highest BCUT2D eigenvalue weighted by Crippen LogP contribution is 2.45. The maximum Gasteiger partial charge on any atom is 0.276 e. The van der Waals surface area contributed by atoms with E-state index in [-0.39, 0.29) is 29.7 Å². The molecule has 0 saturated carbocycles. The first-order chi connectivity index (χ1) is 15.1. The lowest BCUT2D eigenvalue weighted by Gasteiger charge is -2.29. The zero-order valence-electron chi connectivity index (χ0n) is 17.4. The van der Waals surface area contributed by atoms with Crippen LogP contribution in [0.1, 0.15) is 34.3 Å². The van der Waals surface area contributed by atoms with Crippen LogP contribution in [-0.4, -0.2) is 56.2 Å². The van der Waals surface area contributed by atoms with Crippen LogP contribution in [0.25, 0.3) is 0 Å². The summed E-state index contributed by atoms with van der Waals surface area (Å²) in [6.45, 7) is 4.30. The first-order valence-electron chi connectivity index (χ1n) is 10.6. The molecule has 0 spiro atoms. The van der Waals surface area contributed by atoms with Crippen molar-refractivity contribution in [2.24, 2.45) is 11.8 Å². The van der Waals surface area contributed by atoms with Crippen LogP contribution in [0.2, 0.25) is 0 Å². The lowest BCUT2D eigenvalue weighted by atomic mass is 9.89. The van der Waals surface area contributed by atoms with Crippen molar-refractivity contribution in [3.8, 4) is 0 Å². The van der Waals surface area contributed by atoms with Crippen LogP contribution in [0.5, 0.6) is 0 Å². The Kier molecular flexibility index (Phi) is 5.05. The SMILES string of the molecule is Cc1cc(C(=O)N2C[C@@H]3CN(C(=O)CCn4cccn4)C[C@@H]3[C@H]2c2ccccc2)no1. The van der Waals surface area contributed by atoms with Gasteiger partial charge in [-0.1, -0.05) is 35.5 Å². The lowest BCUT2D eigenvalue weighted by molar-refractivity contribution is -0.130. The first kappa shape index (κ1) is 19.5. The molecule has 3 atom stereocenters. The number of hydrogen-bond acceptors (Lipinski definition) is 5. The molecule has 1 aromatic carbocycles. The summed E-state index contributed by atoms with van der Waals surface area (Å²) in [6, 6.07) is 13.5. The summed E-state index contributed by atoms with van der Waals surface area (Å²) in [5.41, 5.74) is 1.43. The smallest absolute Gasteiger partial charge is 0.276 e. The van der Waals surface area contributed by atoms with E-state index in [1.54, 1.807) is 23.9 Å². The normalized spacial score (nSPS) is 22.7. The second-order valence-corrected chi connectivity index (χ2v) is 8.38. The van der Waals surface area contributed by atoms with Crippen LogP contribution in [0.15, 0.2) is 59.4 Å². The number of amides is 2. The number of nitrogens with zero attached hydrogens (tertiary/aromatic N) is 5. The summed E-state index contributed by atoms with van der Waals surface area (Å²) in [4.78, 5) is 29.9. The molecule has 0 bridgehead atoms. The lowest BCUT2D eigenvalue weighted by Crippen LogP contribution is -2.37. The van der Waals surface area contributed by atoms with E-state index in [9.17, 15) is 9.59 Å². The van der Waals surface area contributed by atoms with Crippen LogP contribution < -0.4 is 0 Å². The van der Waals surface area contributed by atoms with Crippen molar-refractivity contribution in [3.05, 3.63) is 71.9 Å². The third-order valence-corrected chi connectivity index (χ3v) is 6.38. The molecular weight excluding hydrogens is 394 g/mol. The zero-order chi connectivity index (χ0) is 21.4. The summed E-state index contributed by atoms with van der Waals surface area (Å²) in [5, 5.41) is 8.11. The number of hydrogen-bond donors (Lipinski definition) is 0. The number of carbonyl (C=O) groups excluding carboxylic acids is 2. The number of benzene rings is 1. The highest BCUT2D eigenvalue weighted by Gasteiger charge is 2.50. The van der Waals surface area contributed by atoms with Crippen molar-refractivity contribution in [1.82, 2.24) is 24.7 Å². The zero-order valence-corrected chi connectivity index (χ0v) is 17.4. The third-order valence-electron chi connectivity index (χ3n) is 6.38. The Morgan fingerprint density at radius 3 is 2.68 bits per heavy atom.